The number of hydrogen-bond donors (Lipinski definition) is 2. The Morgan fingerprint density at radius 2 is 1.91 bits per heavy atom. The van der Waals surface area contributed by atoms with Crippen LogP contribution in [0.3, 0.4) is 0 Å². The molecule has 2 aromatic rings. The Hall–Kier alpha value is -2.50. The first kappa shape index (κ1) is 15.9. The second kappa shape index (κ2) is 8.71. The lowest BCUT2D eigenvalue weighted by atomic mass is 10.2. The van der Waals surface area contributed by atoms with E-state index in [0.29, 0.717) is 18.1 Å². The molecule has 22 heavy (non-hydrogen) atoms. The molecule has 0 radical (unpaired) electrons. The second-order valence-corrected chi connectivity index (χ2v) is 4.98. The van der Waals surface area contributed by atoms with Crippen molar-refractivity contribution in [2.24, 2.45) is 0 Å². The Morgan fingerprint density at radius 3 is 2.59 bits per heavy atom. The van der Waals surface area contributed by atoms with Crippen LogP contribution in [0.5, 0.6) is 0 Å². The molecule has 6 heteroatoms. The minimum atomic E-state index is -0.234. The molecule has 6 nitrogen and oxygen atoms in total. The van der Waals surface area contributed by atoms with Gasteiger partial charge in [-0.1, -0.05) is 19.8 Å². The van der Waals surface area contributed by atoms with Gasteiger partial charge in [0, 0.05) is 25.5 Å². The number of aromatic nitrogens is 3. The summed E-state index contributed by atoms with van der Waals surface area (Å²) in [6, 6.07) is 7.17. The molecule has 1 amide bonds. The van der Waals surface area contributed by atoms with E-state index >= 15 is 0 Å². The molecule has 0 unspecified atom stereocenters. The predicted octanol–water partition coefficient (Wildman–Crippen LogP) is 2.40. The molecule has 0 aliphatic rings. The molecule has 0 aliphatic heterocycles. The number of pyridine rings is 1. The van der Waals surface area contributed by atoms with Gasteiger partial charge in [0.05, 0.1) is 0 Å². The van der Waals surface area contributed by atoms with Crippen LogP contribution in [-0.4, -0.2) is 27.6 Å². The first-order valence-corrected chi connectivity index (χ1v) is 7.54. The largest absolute Gasteiger partial charge is 0.369 e. The molecule has 2 N–H and O–H groups in total. The van der Waals surface area contributed by atoms with E-state index in [1.165, 1.54) is 12.8 Å². The molecule has 0 bridgehead atoms. The summed E-state index contributed by atoms with van der Waals surface area (Å²) in [5, 5.41) is 14.0. The van der Waals surface area contributed by atoms with Crippen LogP contribution in [-0.2, 0) is 6.54 Å². The van der Waals surface area contributed by atoms with Crippen molar-refractivity contribution in [3.05, 3.63) is 47.9 Å². The fourth-order valence-corrected chi connectivity index (χ4v) is 1.91. The van der Waals surface area contributed by atoms with Gasteiger partial charge in [-0.05, 0) is 36.2 Å². The molecule has 0 saturated carbocycles. The van der Waals surface area contributed by atoms with E-state index in [4.69, 9.17) is 0 Å². The maximum atomic E-state index is 12.0. The highest BCUT2D eigenvalue weighted by molar-refractivity contribution is 5.92. The van der Waals surface area contributed by atoms with E-state index in [-0.39, 0.29) is 5.91 Å². The molecular formula is C16H21N5O. The molecule has 2 rings (SSSR count). The molecule has 2 heterocycles. The molecule has 0 fully saturated rings. The first-order valence-electron chi connectivity index (χ1n) is 7.54. The Bertz CT molecular complexity index is 571. The standard InChI is InChI=1S/C16H21N5O/c1-2-3-4-9-18-15-6-5-14(20-21-15)16(22)19-12-13-7-10-17-11-8-13/h5-8,10-11H,2-4,9,12H2,1H3,(H,18,21)(H,19,22). The van der Waals surface area contributed by atoms with Crippen molar-refractivity contribution >= 4 is 11.7 Å². The van der Waals surface area contributed by atoms with Gasteiger partial charge in [-0.3, -0.25) is 9.78 Å². The SMILES string of the molecule is CCCCCNc1ccc(C(=O)NCc2ccncc2)nn1. The smallest absolute Gasteiger partial charge is 0.272 e. The number of hydrogen-bond acceptors (Lipinski definition) is 5. The maximum Gasteiger partial charge on any atom is 0.272 e. The number of carbonyl (C=O) groups excluding carboxylic acids is 1. The number of nitrogens with one attached hydrogen (secondary N) is 2. The van der Waals surface area contributed by atoms with Crippen molar-refractivity contribution in [1.29, 1.82) is 0 Å². The van der Waals surface area contributed by atoms with Crippen LogP contribution in [0, 0.1) is 0 Å². The van der Waals surface area contributed by atoms with Crippen LogP contribution in [0.25, 0.3) is 0 Å². The van der Waals surface area contributed by atoms with E-state index in [2.05, 4.69) is 32.7 Å². The molecule has 0 spiro atoms. The number of anilines is 1. The summed E-state index contributed by atoms with van der Waals surface area (Å²) in [7, 11) is 0. The monoisotopic (exact) mass is 299 g/mol. The average molecular weight is 299 g/mol. The van der Waals surface area contributed by atoms with Crippen LogP contribution in [0.4, 0.5) is 5.82 Å². The van der Waals surface area contributed by atoms with Crippen molar-refractivity contribution in [3.8, 4) is 0 Å². The van der Waals surface area contributed by atoms with E-state index in [0.717, 1.165) is 18.5 Å². The number of unbranched alkanes of at least 4 members (excludes halogenated alkanes) is 2. The van der Waals surface area contributed by atoms with E-state index in [9.17, 15) is 4.79 Å². The minimum absolute atomic E-state index is 0.234. The molecule has 0 atom stereocenters. The van der Waals surface area contributed by atoms with Crippen LogP contribution in [0.2, 0.25) is 0 Å². The molecule has 0 aliphatic carbocycles. The summed E-state index contributed by atoms with van der Waals surface area (Å²) in [6.07, 6.45) is 6.87. The van der Waals surface area contributed by atoms with Crippen molar-refractivity contribution in [3.63, 3.8) is 0 Å². The van der Waals surface area contributed by atoms with E-state index in [1.54, 1.807) is 24.5 Å². The zero-order valence-electron chi connectivity index (χ0n) is 12.7. The highest BCUT2D eigenvalue weighted by atomic mass is 16.1. The molecule has 116 valence electrons. The topological polar surface area (TPSA) is 79.8 Å². The normalized spacial score (nSPS) is 10.2. The molecule has 0 saturated heterocycles. The first-order chi connectivity index (χ1) is 10.8. The van der Waals surface area contributed by atoms with Gasteiger partial charge in [-0.15, -0.1) is 10.2 Å². The lowest BCUT2D eigenvalue weighted by Crippen LogP contribution is -2.24. The Balaban J connectivity index is 1.80. The average Bonchev–Trinajstić information content (AvgIpc) is 2.58. The highest BCUT2D eigenvalue weighted by Crippen LogP contribution is 2.04. The highest BCUT2D eigenvalue weighted by Gasteiger charge is 2.07. The van der Waals surface area contributed by atoms with Crippen molar-refractivity contribution in [1.82, 2.24) is 20.5 Å². The fourth-order valence-electron chi connectivity index (χ4n) is 1.91. The Kier molecular flexibility index (Phi) is 6.29. The summed E-state index contributed by atoms with van der Waals surface area (Å²) in [6.45, 7) is 3.48. The quantitative estimate of drug-likeness (QED) is 0.732. The summed E-state index contributed by atoms with van der Waals surface area (Å²) >= 11 is 0. The lowest BCUT2D eigenvalue weighted by Gasteiger charge is -2.06. The van der Waals surface area contributed by atoms with Crippen LogP contribution in [0.15, 0.2) is 36.7 Å². The number of rotatable bonds is 8. The van der Waals surface area contributed by atoms with Crippen molar-refractivity contribution < 1.29 is 4.79 Å². The van der Waals surface area contributed by atoms with Gasteiger partial charge < -0.3 is 10.6 Å². The van der Waals surface area contributed by atoms with Crippen LogP contribution < -0.4 is 10.6 Å². The van der Waals surface area contributed by atoms with Crippen LogP contribution in [0.1, 0.15) is 42.2 Å². The number of nitrogens with zero attached hydrogens (tertiary/aromatic N) is 3. The van der Waals surface area contributed by atoms with Gasteiger partial charge in [0.2, 0.25) is 0 Å². The predicted molar refractivity (Wildman–Crippen MR) is 85.5 cm³/mol. The zero-order valence-corrected chi connectivity index (χ0v) is 12.7. The van der Waals surface area contributed by atoms with E-state index in [1.807, 2.05) is 12.1 Å². The van der Waals surface area contributed by atoms with Gasteiger partial charge in [-0.2, -0.15) is 0 Å². The summed E-state index contributed by atoms with van der Waals surface area (Å²) < 4.78 is 0. The molecule has 2 aromatic heterocycles. The lowest BCUT2D eigenvalue weighted by molar-refractivity contribution is 0.0945. The minimum Gasteiger partial charge on any atom is -0.369 e. The van der Waals surface area contributed by atoms with Gasteiger partial charge in [0.1, 0.15) is 5.82 Å². The van der Waals surface area contributed by atoms with Gasteiger partial charge in [-0.25, -0.2) is 0 Å². The Labute approximate surface area is 130 Å². The fraction of sp³-hybridized carbons (Fsp3) is 0.375. The van der Waals surface area contributed by atoms with Crippen LogP contribution >= 0.6 is 0 Å². The summed E-state index contributed by atoms with van der Waals surface area (Å²) in [5.41, 5.74) is 1.30. The summed E-state index contributed by atoms with van der Waals surface area (Å²) in [4.78, 5) is 15.9. The second-order valence-electron chi connectivity index (χ2n) is 4.98. The zero-order chi connectivity index (χ0) is 15.6. The Morgan fingerprint density at radius 1 is 1.09 bits per heavy atom. The molecule has 0 aromatic carbocycles. The van der Waals surface area contributed by atoms with Crippen molar-refractivity contribution in [2.75, 3.05) is 11.9 Å². The van der Waals surface area contributed by atoms with Gasteiger partial charge in [0.15, 0.2) is 5.69 Å². The third kappa shape index (κ3) is 5.12. The third-order valence-electron chi connectivity index (χ3n) is 3.19. The van der Waals surface area contributed by atoms with Gasteiger partial charge in [0.25, 0.3) is 5.91 Å². The third-order valence-corrected chi connectivity index (χ3v) is 3.19. The summed E-state index contributed by atoms with van der Waals surface area (Å²) in [5.74, 6) is 0.462. The number of carbonyl (C=O) groups is 1. The molecular weight excluding hydrogens is 278 g/mol. The van der Waals surface area contributed by atoms with E-state index < -0.39 is 0 Å². The van der Waals surface area contributed by atoms with Gasteiger partial charge >= 0.3 is 0 Å². The number of amides is 1. The van der Waals surface area contributed by atoms with Crippen molar-refractivity contribution in [2.45, 2.75) is 32.7 Å². The maximum absolute atomic E-state index is 12.0.